The summed E-state index contributed by atoms with van der Waals surface area (Å²) >= 11 is 0. The highest BCUT2D eigenvalue weighted by Gasteiger charge is 2.53. The first-order chi connectivity index (χ1) is 28.5. The summed E-state index contributed by atoms with van der Waals surface area (Å²) in [5.74, 6) is 0. The van der Waals surface area contributed by atoms with Crippen LogP contribution in [-0.4, -0.2) is 0 Å². The first kappa shape index (κ1) is 36.9. The zero-order valence-corrected chi connectivity index (χ0v) is 35.1. The van der Waals surface area contributed by atoms with Gasteiger partial charge in [0.1, 0.15) is 0 Å². The van der Waals surface area contributed by atoms with Crippen molar-refractivity contribution in [3.63, 3.8) is 0 Å². The van der Waals surface area contributed by atoms with Gasteiger partial charge < -0.3 is 9.80 Å². The molecule has 2 heteroatoms. The molecule has 0 heterocycles. The Morgan fingerprint density at radius 1 is 0.407 bits per heavy atom. The Bertz CT molecular complexity index is 2670. The number of allylic oxidation sites excluding steroid dienone is 4. The van der Waals surface area contributed by atoms with Crippen molar-refractivity contribution in [3.8, 4) is 22.3 Å². The van der Waals surface area contributed by atoms with Crippen molar-refractivity contribution < 1.29 is 0 Å². The van der Waals surface area contributed by atoms with E-state index in [1.54, 1.807) is 0 Å². The van der Waals surface area contributed by atoms with Gasteiger partial charge in [-0.2, -0.15) is 0 Å². The normalized spacial score (nSPS) is 14.6. The van der Waals surface area contributed by atoms with E-state index in [9.17, 15) is 0 Å². The summed E-state index contributed by atoms with van der Waals surface area (Å²) in [6.07, 6.45) is 8.81. The molecule has 0 saturated heterocycles. The minimum Gasteiger partial charge on any atom is -0.314 e. The quantitative estimate of drug-likeness (QED) is 0.166. The monoisotopic (exact) mass is 764 g/mol. The number of benzene rings is 7. The molecule has 1 spiro atoms. The molecule has 10 rings (SSSR count). The van der Waals surface area contributed by atoms with Gasteiger partial charge in [0.2, 0.25) is 0 Å². The maximum absolute atomic E-state index is 2.56. The highest BCUT2D eigenvalue weighted by Crippen LogP contribution is 2.65. The molecule has 3 aliphatic rings. The number of para-hydroxylation sites is 3. The molecule has 0 fully saturated rings. The molecule has 2 nitrogen and oxygen atoms in total. The molecule has 0 unspecified atom stereocenters. The SMILES string of the molecule is CC(C)(C)c1ccc2c(c1)C1(c3cc(N(C4=CC=CCC4)c4ccccc4)ccc3-c3ccc(N(c4ccccc4)c4ccccc4)cc31)c1cc(C(C)(C)C)ccc1-2. The van der Waals surface area contributed by atoms with Crippen LogP contribution >= 0.6 is 0 Å². The fraction of sp³-hybridized carbons (Fsp3) is 0.193. The van der Waals surface area contributed by atoms with Crippen LogP contribution in [0.2, 0.25) is 0 Å². The zero-order valence-electron chi connectivity index (χ0n) is 35.1. The molecular weight excluding hydrogens is 713 g/mol. The summed E-state index contributed by atoms with van der Waals surface area (Å²) < 4.78 is 0. The molecule has 0 amide bonds. The number of hydrogen-bond donors (Lipinski definition) is 0. The van der Waals surface area contributed by atoms with Gasteiger partial charge in [0.25, 0.3) is 0 Å². The van der Waals surface area contributed by atoms with Crippen LogP contribution in [-0.2, 0) is 16.2 Å². The summed E-state index contributed by atoms with van der Waals surface area (Å²) in [7, 11) is 0. The van der Waals surface area contributed by atoms with Gasteiger partial charge in [0, 0.05) is 34.1 Å². The molecule has 0 N–H and O–H groups in total. The summed E-state index contributed by atoms with van der Waals surface area (Å²) in [4.78, 5) is 4.91. The minimum absolute atomic E-state index is 0.0297. The van der Waals surface area contributed by atoms with E-state index in [1.807, 2.05) is 0 Å². The molecule has 0 bridgehead atoms. The lowest BCUT2D eigenvalue weighted by atomic mass is 9.68. The van der Waals surface area contributed by atoms with Gasteiger partial charge in [-0.05, 0) is 146 Å². The molecule has 0 aliphatic heterocycles. The maximum Gasteiger partial charge on any atom is 0.0727 e. The maximum atomic E-state index is 2.56. The van der Waals surface area contributed by atoms with Crippen LogP contribution in [0.3, 0.4) is 0 Å². The number of anilines is 5. The second kappa shape index (κ2) is 13.9. The molecule has 0 saturated carbocycles. The van der Waals surface area contributed by atoms with Gasteiger partial charge in [0.05, 0.1) is 5.41 Å². The third-order valence-corrected chi connectivity index (χ3v) is 12.8. The van der Waals surface area contributed by atoms with E-state index in [0.717, 1.165) is 29.9 Å². The van der Waals surface area contributed by atoms with Crippen LogP contribution in [0.1, 0.15) is 87.8 Å². The van der Waals surface area contributed by atoms with Crippen molar-refractivity contribution in [2.45, 2.75) is 70.6 Å². The van der Waals surface area contributed by atoms with Crippen LogP contribution in [0.4, 0.5) is 28.4 Å². The second-order valence-electron chi connectivity index (χ2n) is 18.5. The predicted molar refractivity (Wildman–Crippen MR) is 250 cm³/mol. The average molecular weight is 765 g/mol. The highest BCUT2D eigenvalue weighted by molar-refractivity contribution is 5.97. The Morgan fingerprint density at radius 2 is 0.797 bits per heavy atom. The van der Waals surface area contributed by atoms with Crippen molar-refractivity contribution in [1.82, 2.24) is 0 Å². The van der Waals surface area contributed by atoms with E-state index in [2.05, 4.69) is 233 Å². The van der Waals surface area contributed by atoms with Crippen molar-refractivity contribution in [1.29, 1.82) is 0 Å². The summed E-state index contributed by atoms with van der Waals surface area (Å²) in [6.45, 7) is 14.1. The van der Waals surface area contributed by atoms with Crippen molar-refractivity contribution in [3.05, 3.63) is 221 Å². The van der Waals surface area contributed by atoms with Gasteiger partial charge in [-0.25, -0.2) is 0 Å². The standard InChI is InChI=1S/C57H52N2/c1-55(2,3)39-27-31-47-48-32-28-40(56(4,5)6)36-52(48)57(51(47)35-39)53-37-45(58(41-19-11-7-12-20-41)42-21-13-8-14-22-42)29-33-49(53)50-34-30-46(38-54(50)57)59(43-23-15-9-16-24-43)44-25-17-10-18-26-44/h7-17,19-25,27-38H,18,26H2,1-6H3. The number of hydrogen-bond acceptors (Lipinski definition) is 2. The molecule has 0 aromatic heterocycles. The van der Waals surface area contributed by atoms with E-state index >= 15 is 0 Å². The van der Waals surface area contributed by atoms with Gasteiger partial charge in [-0.1, -0.05) is 157 Å². The van der Waals surface area contributed by atoms with Crippen LogP contribution < -0.4 is 9.80 Å². The van der Waals surface area contributed by atoms with Crippen molar-refractivity contribution >= 4 is 28.4 Å². The van der Waals surface area contributed by atoms with E-state index in [0.29, 0.717) is 0 Å². The first-order valence-corrected chi connectivity index (χ1v) is 21.2. The molecule has 0 atom stereocenters. The Morgan fingerprint density at radius 3 is 1.20 bits per heavy atom. The van der Waals surface area contributed by atoms with Crippen LogP contribution in [0.5, 0.6) is 0 Å². The Labute approximate surface area is 350 Å². The number of nitrogens with zero attached hydrogens (tertiary/aromatic N) is 2. The van der Waals surface area contributed by atoms with Gasteiger partial charge >= 0.3 is 0 Å². The smallest absolute Gasteiger partial charge is 0.0727 e. The minimum atomic E-state index is -0.563. The van der Waals surface area contributed by atoms with Crippen molar-refractivity contribution in [2.24, 2.45) is 0 Å². The Balaban J connectivity index is 1.31. The van der Waals surface area contributed by atoms with Crippen LogP contribution in [0.15, 0.2) is 188 Å². The van der Waals surface area contributed by atoms with Gasteiger partial charge in [-0.15, -0.1) is 0 Å². The lowest BCUT2D eigenvalue weighted by Gasteiger charge is -2.35. The van der Waals surface area contributed by atoms with Crippen molar-refractivity contribution in [2.75, 3.05) is 9.80 Å². The lowest BCUT2D eigenvalue weighted by molar-refractivity contribution is 0.586. The second-order valence-corrected chi connectivity index (χ2v) is 18.5. The highest BCUT2D eigenvalue weighted by atomic mass is 15.2. The lowest BCUT2D eigenvalue weighted by Crippen LogP contribution is -2.28. The van der Waals surface area contributed by atoms with E-state index in [-0.39, 0.29) is 10.8 Å². The van der Waals surface area contributed by atoms with E-state index in [1.165, 1.54) is 72.7 Å². The largest absolute Gasteiger partial charge is 0.314 e. The predicted octanol–water partition coefficient (Wildman–Crippen LogP) is 15.5. The number of fused-ring (bicyclic) bond motifs is 10. The fourth-order valence-electron chi connectivity index (χ4n) is 9.85. The zero-order chi connectivity index (χ0) is 40.5. The number of rotatable bonds is 6. The fourth-order valence-corrected chi connectivity index (χ4v) is 9.85. The summed E-state index contributed by atoms with van der Waals surface area (Å²) in [6, 6.07) is 61.8. The third-order valence-electron chi connectivity index (χ3n) is 12.8. The topological polar surface area (TPSA) is 6.48 Å². The molecular formula is C57H52N2. The summed E-state index contributed by atoms with van der Waals surface area (Å²) in [5, 5.41) is 0. The summed E-state index contributed by atoms with van der Waals surface area (Å²) in [5.41, 5.74) is 19.8. The third kappa shape index (κ3) is 5.99. The van der Waals surface area contributed by atoms with Gasteiger partial charge in [0.15, 0.2) is 0 Å². The van der Waals surface area contributed by atoms with Gasteiger partial charge in [-0.3, -0.25) is 0 Å². The Hall–Kier alpha value is -6.38. The van der Waals surface area contributed by atoms with E-state index in [4.69, 9.17) is 0 Å². The van der Waals surface area contributed by atoms with E-state index < -0.39 is 5.41 Å². The molecule has 290 valence electrons. The average Bonchev–Trinajstić information content (AvgIpc) is 3.71. The first-order valence-electron chi connectivity index (χ1n) is 21.2. The molecule has 0 radical (unpaired) electrons. The molecule has 59 heavy (non-hydrogen) atoms. The molecule has 7 aromatic rings. The molecule has 3 aliphatic carbocycles. The van der Waals surface area contributed by atoms with Crippen LogP contribution in [0.25, 0.3) is 22.3 Å². The van der Waals surface area contributed by atoms with Crippen LogP contribution in [0, 0.1) is 0 Å². The Kier molecular flexibility index (Phi) is 8.69. The molecule has 7 aromatic carbocycles.